The highest BCUT2D eigenvalue weighted by molar-refractivity contribution is 5.72. The first-order valence-corrected chi connectivity index (χ1v) is 8.40. The fourth-order valence-corrected chi connectivity index (χ4v) is 2.64. The van der Waals surface area contributed by atoms with Crippen molar-refractivity contribution in [3.8, 4) is 0 Å². The quantitative estimate of drug-likeness (QED) is 0.876. The molecule has 0 aromatic heterocycles. The maximum Gasteiger partial charge on any atom is 0.411 e. The highest BCUT2D eigenvalue weighted by Gasteiger charge is 2.41. The molecule has 0 radical (unpaired) electrons. The van der Waals surface area contributed by atoms with Crippen LogP contribution in [0.5, 0.6) is 0 Å². The third kappa shape index (κ3) is 5.86. The Hall–Kier alpha value is -2.38. The lowest BCUT2D eigenvalue weighted by Gasteiger charge is -2.26. The summed E-state index contributed by atoms with van der Waals surface area (Å²) in [6.45, 7) is 4.90. The molecule has 26 heavy (non-hydrogen) atoms. The van der Waals surface area contributed by atoms with E-state index in [0.717, 1.165) is 10.5 Å². The van der Waals surface area contributed by atoms with E-state index >= 15 is 0 Å². The maximum absolute atomic E-state index is 13.1. The van der Waals surface area contributed by atoms with E-state index in [1.165, 1.54) is 0 Å². The molecule has 2 amide bonds. The number of hydrogen-bond acceptors (Lipinski definition) is 4. The monoisotopic (exact) mass is 370 g/mol. The van der Waals surface area contributed by atoms with E-state index in [0.29, 0.717) is 0 Å². The predicted octanol–water partition coefficient (Wildman–Crippen LogP) is 3.76. The Labute approximate surface area is 151 Å². The number of alkyl halides is 2. The Morgan fingerprint density at radius 2 is 1.92 bits per heavy atom. The smallest absolute Gasteiger partial charge is 0.411 e. The van der Waals surface area contributed by atoms with E-state index in [1.54, 1.807) is 45.0 Å². The fraction of sp³-hybridized carbons (Fsp3) is 0.556. The summed E-state index contributed by atoms with van der Waals surface area (Å²) in [5.41, 5.74) is 0.0470. The van der Waals surface area contributed by atoms with Crippen molar-refractivity contribution in [2.75, 3.05) is 6.54 Å². The number of carbonyl (C=O) groups is 2. The van der Waals surface area contributed by atoms with E-state index in [9.17, 15) is 18.4 Å². The lowest BCUT2D eigenvalue weighted by atomic mass is 10.1. The lowest BCUT2D eigenvalue weighted by molar-refractivity contribution is 0.0426. The van der Waals surface area contributed by atoms with E-state index in [2.05, 4.69) is 5.32 Å². The highest BCUT2D eigenvalue weighted by Crippen LogP contribution is 2.28. The molecule has 0 spiro atoms. The molecule has 1 aromatic rings. The number of likely N-dealkylation sites (tertiary alicyclic amines) is 1. The van der Waals surface area contributed by atoms with Crippen LogP contribution in [0.3, 0.4) is 0 Å². The van der Waals surface area contributed by atoms with E-state index in [1.807, 2.05) is 6.07 Å². The Balaban J connectivity index is 1.99. The van der Waals surface area contributed by atoms with Crippen molar-refractivity contribution >= 4 is 12.2 Å². The first-order valence-electron chi connectivity index (χ1n) is 8.40. The molecule has 0 saturated carbocycles. The van der Waals surface area contributed by atoms with E-state index in [4.69, 9.17) is 9.47 Å². The van der Waals surface area contributed by atoms with Crippen molar-refractivity contribution in [2.45, 2.75) is 52.0 Å². The van der Waals surface area contributed by atoms with Crippen molar-refractivity contribution in [3.63, 3.8) is 0 Å². The van der Waals surface area contributed by atoms with Crippen molar-refractivity contribution in [1.29, 1.82) is 0 Å². The first-order chi connectivity index (χ1) is 12.2. The molecule has 1 N–H and O–H groups in total. The van der Waals surface area contributed by atoms with Gasteiger partial charge in [0.25, 0.3) is 0 Å². The van der Waals surface area contributed by atoms with Gasteiger partial charge in [-0.25, -0.2) is 18.4 Å². The zero-order valence-electron chi connectivity index (χ0n) is 15.1. The molecule has 6 nitrogen and oxygen atoms in total. The van der Waals surface area contributed by atoms with Gasteiger partial charge in [0.1, 0.15) is 18.4 Å². The summed E-state index contributed by atoms with van der Waals surface area (Å²) < 4.78 is 36.5. The number of alkyl carbamates (subject to hydrolysis) is 1. The minimum atomic E-state index is -2.59. The van der Waals surface area contributed by atoms with Gasteiger partial charge in [0.15, 0.2) is 0 Å². The molecule has 1 fully saturated rings. The van der Waals surface area contributed by atoms with Gasteiger partial charge in [-0.2, -0.15) is 0 Å². The number of benzene rings is 1. The zero-order chi connectivity index (χ0) is 19.3. The number of ether oxygens (including phenoxy) is 2. The van der Waals surface area contributed by atoms with Crippen LogP contribution in [-0.2, 0) is 16.1 Å². The van der Waals surface area contributed by atoms with Crippen molar-refractivity contribution in [3.05, 3.63) is 35.9 Å². The standard InChI is InChI=1S/C18H24F2N2O4/c1-18(2,3)26-16(23)21-14-9-13(15(19)20)10-22(14)17(24)25-11-12-7-5-4-6-8-12/h4-8,13-15H,9-11H2,1-3H3,(H,21,23)/t13-,14+/m0/s1. The first kappa shape index (κ1) is 19.9. The van der Waals surface area contributed by atoms with Crippen LogP contribution in [0.15, 0.2) is 30.3 Å². The molecule has 1 heterocycles. The number of nitrogens with one attached hydrogen (secondary N) is 1. The number of amides is 2. The van der Waals surface area contributed by atoms with Crippen LogP contribution in [0.2, 0.25) is 0 Å². The molecule has 1 saturated heterocycles. The molecule has 0 aliphatic carbocycles. The summed E-state index contributed by atoms with van der Waals surface area (Å²) in [6.07, 6.45) is -5.06. The van der Waals surface area contributed by atoms with Gasteiger partial charge in [-0.15, -0.1) is 0 Å². The number of carbonyl (C=O) groups excluding carboxylic acids is 2. The second-order valence-electron chi connectivity index (χ2n) is 7.18. The second kappa shape index (κ2) is 8.33. The predicted molar refractivity (Wildman–Crippen MR) is 90.6 cm³/mol. The van der Waals surface area contributed by atoms with Crippen LogP contribution in [0.25, 0.3) is 0 Å². The summed E-state index contributed by atoms with van der Waals surface area (Å²) in [7, 11) is 0. The molecule has 8 heteroatoms. The Kier molecular flexibility index (Phi) is 6.39. The average Bonchev–Trinajstić information content (AvgIpc) is 2.96. The average molecular weight is 370 g/mol. The highest BCUT2D eigenvalue weighted by atomic mass is 19.3. The van der Waals surface area contributed by atoms with Gasteiger partial charge < -0.3 is 14.8 Å². The third-order valence-corrected chi connectivity index (χ3v) is 3.81. The molecule has 1 aliphatic heterocycles. The van der Waals surface area contributed by atoms with Gasteiger partial charge in [-0.3, -0.25) is 4.90 Å². The van der Waals surface area contributed by atoms with Crippen LogP contribution < -0.4 is 5.32 Å². The number of rotatable bonds is 4. The van der Waals surface area contributed by atoms with Gasteiger partial charge in [0.2, 0.25) is 6.43 Å². The number of hydrogen-bond donors (Lipinski definition) is 1. The molecule has 2 rings (SSSR count). The minimum absolute atomic E-state index is 0.0225. The van der Waals surface area contributed by atoms with Gasteiger partial charge >= 0.3 is 12.2 Å². The minimum Gasteiger partial charge on any atom is -0.444 e. The van der Waals surface area contributed by atoms with Crippen molar-refractivity contribution in [2.24, 2.45) is 5.92 Å². The summed E-state index contributed by atoms with van der Waals surface area (Å²) >= 11 is 0. The van der Waals surface area contributed by atoms with Crippen LogP contribution in [0, 0.1) is 5.92 Å². The topological polar surface area (TPSA) is 67.9 Å². The SMILES string of the molecule is CC(C)(C)OC(=O)N[C@H]1C[C@H](C(F)F)CN1C(=O)OCc1ccccc1. The second-order valence-corrected chi connectivity index (χ2v) is 7.18. The largest absolute Gasteiger partial charge is 0.444 e. The Morgan fingerprint density at radius 3 is 2.50 bits per heavy atom. The molecule has 1 aromatic carbocycles. The Morgan fingerprint density at radius 1 is 1.27 bits per heavy atom. The van der Waals surface area contributed by atoms with Gasteiger partial charge in [0.05, 0.1) is 0 Å². The molecular formula is C18H24F2N2O4. The maximum atomic E-state index is 13.1. The molecule has 0 bridgehead atoms. The molecule has 2 atom stereocenters. The van der Waals surface area contributed by atoms with Gasteiger partial charge in [0, 0.05) is 12.5 Å². The number of nitrogens with zero attached hydrogens (tertiary/aromatic N) is 1. The van der Waals surface area contributed by atoms with Crippen molar-refractivity contribution in [1.82, 2.24) is 10.2 Å². The van der Waals surface area contributed by atoms with E-state index in [-0.39, 0.29) is 19.6 Å². The van der Waals surface area contributed by atoms with Crippen LogP contribution in [0.1, 0.15) is 32.8 Å². The lowest BCUT2D eigenvalue weighted by Crippen LogP contribution is -2.48. The van der Waals surface area contributed by atoms with Crippen LogP contribution in [-0.4, -0.2) is 41.8 Å². The van der Waals surface area contributed by atoms with Crippen molar-refractivity contribution < 1.29 is 27.8 Å². The summed E-state index contributed by atoms with van der Waals surface area (Å²) in [4.78, 5) is 25.4. The van der Waals surface area contributed by atoms with Crippen LogP contribution >= 0.6 is 0 Å². The molecule has 0 unspecified atom stereocenters. The fourth-order valence-electron chi connectivity index (χ4n) is 2.64. The Bertz CT molecular complexity index is 619. The van der Waals surface area contributed by atoms with Gasteiger partial charge in [-0.05, 0) is 32.8 Å². The molecule has 1 aliphatic rings. The normalized spacial score (nSPS) is 20.2. The summed E-state index contributed by atoms with van der Waals surface area (Å²) in [5.74, 6) is -1.03. The molecule has 144 valence electrons. The van der Waals surface area contributed by atoms with Crippen LogP contribution in [0.4, 0.5) is 18.4 Å². The third-order valence-electron chi connectivity index (χ3n) is 3.81. The van der Waals surface area contributed by atoms with E-state index < -0.39 is 36.3 Å². The summed E-state index contributed by atoms with van der Waals surface area (Å²) in [5, 5.41) is 2.48. The van der Waals surface area contributed by atoms with Gasteiger partial charge in [-0.1, -0.05) is 30.3 Å². The number of halogens is 2. The molecular weight excluding hydrogens is 346 g/mol. The zero-order valence-corrected chi connectivity index (χ0v) is 15.1. The summed E-state index contributed by atoms with van der Waals surface area (Å²) in [6, 6.07) is 9.02.